The average molecular weight is 507 g/mol. The van der Waals surface area contributed by atoms with Gasteiger partial charge in [-0.15, -0.1) is 0 Å². The lowest BCUT2D eigenvalue weighted by Gasteiger charge is -2.26. The summed E-state index contributed by atoms with van der Waals surface area (Å²) >= 11 is 0. The Bertz CT molecular complexity index is 954. The van der Waals surface area contributed by atoms with Gasteiger partial charge < -0.3 is 38.3 Å². The van der Waals surface area contributed by atoms with E-state index in [2.05, 4.69) is 16.0 Å². The van der Waals surface area contributed by atoms with Crippen molar-refractivity contribution in [2.75, 3.05) is 0 Å². The molecule has 4 atom stereocenters. The highest BCUT2D eigenvalue weighted by molar-refractivity contribution is 5.95. The summed E-state index contributed by atoms with van der Waals surface area (Å²) in [6, 6.07) is 3.41. The first-order valence-corrected chi connectivity index (χ1v) is 11.3. The molecule has 1 aromatic rings. The third kappa shape index (κ3) is 11.0. The maximum atomic E-state index is 13.1. The summed E-state index contributed by atoms with van der Waals surface area (Å²) in [5.41, 5.74) is 16.5. The van der Waals surface area contributed by atoms with Gasteiger partial charge >= 0.3 is 5.97 Å². The number of rotatable bonds is 15. The van der Waals surface area contributed by atoms with Gasteiger partial charge in [-0.2, -0.15) is 0 Å². The van der Waals surface area contributed by atoms with Gasteiger partial charge in [0.05, 0.1) is 18.9 Å². The molecule has 0 saturated heterocycles. The quantitative estimate of drug-likeness (QED) is 0.139. The van der Waals surface area contributed by atoms with Crippen LogP contribution in [0.5, 0.6) is 0 Å². The summed E-state index contributed by atoms with van der Waals surface area (Å²) in [4.78, 5) is 72.3. The number of benzene rings is 1. The predicted octanol–water partition coefficient (Wildman–Crippen LogP) is -2.11. The fourth-order valence-electron chi connectivity index (χ4n) is 3.30. The summed E-state index contributed by atoms with van der Waals surface area (Å²) in [6.45, 7) is 3.62. The molecule has 5 amide bonds. The minimum Gasteiger partial charge on any atom is -0.480 e. The van der Waals surface area contributed by atoms with Gasteiger partial charge in [0.2, 0.25) is 29.5 Å². The zero-order valence-corrected chi connectivity index (χ0v) is 20.2. The number of nitrogens with one attached hydrogen (secondary N) is 3. The normalized spacial score (nSPS) is 14.1. The van der Waals surface area contributed by atoms with Crippen molar-refractivity contribution >= 4 is 35.5 Å². The average Bonchev–Trinajstić information content (AvgIpc) is 2.77. The van der Waals surface area contributed by atoms with Crippen molar-refractivity contribution in [2.45, 2.75) is 63.7 Å². The predicted molar refractivity (Wildman–Crippen MR) is 129 cm³/mol. The number of amides is 5. The molecule has 4 unspecified atom stereocenters. The van der Waals surface area contributed by atoms with Crippen LogP contribution in [0.2, 0.25) is 0 Å². The Morgan fingerprint density at radius 3 is 1.78 bits per heavy atom. The Morgan fingerprint density at radius 2 is 1.28 bits per heavy atom. The van der Waals surface area contributed by atoms with Crippen molar-refractivity contribution in [1.82, 2.24) is 16.0 Å². The van der Waals surface area contributed by atoms with Crippen LogP contribution in [0.4, 0.5) is 0 Å². The fourth-order valence-corrected chi connectivity index (χ4v) is 3.30. The molecule has 0 aliphatic rings. The summed E-state index contributed by atoms with van der Waals surface area (Å²) in [5, 5.41) is 16.6. The van der Waals surface area contributed by atoms with Crippen LogP contribution in [0.3, 0.4) is 0 Å². The summed E-state index contributed by atoms with van der Waals surface area (Å²) in [6.07, 6.45) is -0.890. The van der Waals surface area contributed by atoms with E-state index in [9.17, 15) is 33.9 Å². The highest BCUT2D eigenvalue weighted by Crippen LogP contribution is 2.09. The molecule has 0 spiro atoms. The number of carboxylic acids is 1. The number of primary amides is 2. The number of carbonyl (C=O) groups is 6. The molecular formula is C23H34N6O7. The van der Waals surface area contributed by atoms with Crippen molar-refractivity contribution < 1.29 is 33.9 Å². The van der Waals surface area contributed by atoms with E-state index in [0.717, 1.165) is 0 Å². The Hall–Kier alpha value is -4.00. The van der Waals surface area contributed by atoms with Crippen molar-refractivity contribution in [3.05, 3.63) is 35.9 Å². The SMILES string of the molecule is CC(C)CC(NC(=O)C(N)CC(N)=O)C(=O)NC(Cc1ccccc1)C(=O)NC(CC(N)=O)C(=O)O. The number of nitrogens with two attached hydrogens (primary N) is 3. The number of carbonyl (C=O) groups excluding carboxylic acids is 5. The lowest BCUT2D eigenvalue weighted by Crippen LogP contribution is -2.58. The van der Waals surface area contributed by atoms with E-state index >= 15 is 0 Å². The van der Waals surface area contributed by atoms with E-state index in [4.69, 9.17) is 17.2 Å². The van der Waals surface area contributed by atoms with Gasteiger partial charge in [-0.05, 0) is 17.9 Å². The molecule has 0 aliphatic heterocycles. The maximum absolute atomic E-state index is 13.1. The molecule has 0 fully saturated rings. The molecule has 1 rings (SSSR count). The van der Waals surface area contributed by atoms with Crippen molar-refractivity contribution in [3.63, 3.8) is 0 Å². The van der Waals surface area contributed by atoms with E-state index < -0.39 is 72.5 Å². The van der Waals surface area contributed by atoms with Gasteiger partial charge in [-0.1, -0.05) is 44.2 Å². The van der Waals surface area contributed by atoms with Crippen molar-refractivity contribution in [3.8, 4) is 0 Å². The Balaban J connectivity index is 3.13. The zero-order valence-electron chi connectivity index (χ0n) is 20.2. The molecule has 0 aliphatic carbocycles. The van der Waals surface area contributed by atoms with Crippen LogP contribution in [0.25, 0.3) is 0 Å². The van der Waals surface area contributed by atoms with E-state index in [1.807, 2.05) is 13.8 Å². The third-order valence-corrected chi connectivity index (χ3v) is 5.03. The lowest BCUT2D eigenvalue weighted by molar-refractivity contribution is -0.143. The van der Waals surface area contributed by atoms with Crippen molar-refractivity contribution in [2.24, 2.45) is 23.1 Å². The molecule has 0 saturated carbocycles. The molecular weight excluding hydrogens is 472 g/mol. The Labute approximate surface area is 208 Å². The van der Waals surface area contributed by atoms with Gasteiger partial charge in [0.1, 0.15) is 18.1 Å². The van der Waals surface area contributed by atoms with Crippen LogP contribution < -0.4 is 33.2 Å². The Kier molecular flexibility index (Phi) is 12.0. The number of carboxylic acid groups (broad SMARTS) is 1. The second-order valence-corrected chi connectivity index (χ2v) is 8.79. The van der Waals surface area contributed by atoms with Gasteiger partial charge in [-0.3, -0.25) is 24.0 Å². The standard InChI is InChI=1S/C23H34N6O7/c1-12(2)8-15(27-20(32)14(24)10-18(25)30)21(33)28-16(9-13-6-4-3-5-7-13)22(34)29-17(23(35)36)11-19(26)31/h3-7,12,14-17H,8-11,24H2,1-2H3,(H2,25,30)(H2,26,31)(H,27,32)(H,28,33)(H,29,34)(H,35,36). The largest absolute Gasteiger partial charge is 0.480 e. The third-order valence-electron chi connectivity index (χ3n) is 5.03. The molecule has 36 heavy (non-hydrogen) atoms. The molecule has 198 valence electrons. The highest BCUT2D eigenvalue weighted by Gasteiger charge is 2.31. The monoisotopic (exact) mass is 506 g/mol. The zero-order chi connectivity index (χ0) is 27.4. The van der Waals surface area contributed by atoms with Gasteiger partial charge in [0.15, 0.2) is 0 Å². The van der Waals surface area contributed by atoms with Gasteiger partial charge in [0, 0.05) is 6.42 Å². The van der Waals surface area contributed by atoms with E-state index in [1.54, 1.807) is 30.3 Å². The van der Waals surface area contributed by atoms with Gasteiger partial charge in [-0.25, -0.2) is 4.79 Å². The molecule has 0 aromatic heterocycles. The minimum absolute atomic E-state index is 0.00907. The van der Waals surface area contributed by atoms with Crippen LogP contribution in [0.1, 0.15) is 38.7 Å². The molecule has 13 nitrogen and oxygen atoms in total. The molecule has 1 aromatic carbocycles. The Morgan fingerprint density at radius 1 is 0.778 bits per heavy atom. The molecule has 10 N–H and O–H groups in total. The topological polar surface area (TPSA) is 237 Å². The van der Waals surface area contributed by atoms with Gasteiger partial charge in [0.25, 0.3) is 0 Å². The molecule has 0 radical (unpaired) electrons. The molecule has 0 heterocycles. The molecule has 13 heteroatoms. The fraction of sp³-hybridized carbons (Fsp3) is 0.478. The van der Waals surface area contributed by atoms with E-state index in [-0.39, 0.29) is 18.8 Å². The molecule has 0 bridgehead atoms. The van der Waals surface area contributed by atoms with E-state index in [0.29, 0.717) is 5.56 Å². The van der Waals surface area contributed by atoms with Crippen LogP contribution in [0, 0.1) is 5.92 Å². The highest BCUT2D eigenvalue weighted by atomic mass is 16.4. The summed E-state index contributed by atoms with van der Waals surface area (Å²) in [5.74, 6) is -5.60. The van der Waals surface area contributed by atoms with Crippen molar-refractivity contribution in [1.29, 1.82) is 0 Å². The first kappa shape index (κ1) is 30.0. The van der Waals surface area contributed by atoms with Crippen LogP contribution in [0.15, 0.2) is 30.3 Å². The second-order valence-electron chi connectivity index (χ2n) is 8.79. The number of aliphatic carboxylic acids is 1. The number of hydrogen-bond acceptors (Lipinski definition) is 7. The maximum Gasteiger partial charge on any atom is 0.326 e. The first-order chi connectivity index (χ1) is 16.8. The van der Waals surface area contributed by atoms with Crippen LogP contribution >= 0.6 is 0 Å². The van der Waals surface area contributed by atoms with Crippen LogP contribution in [-0.4, -0.2) is 64.8 Å². The number of hydrogen-bond donors (Lipinski definition) is 7. The minimum atomic E-state index is -1.59. The van der Waals surface area contributed by atoms with Crippen LogP contribution in [-0.2, 0) is 35.2 Å². The summed E-state index contributed by atoms with van der Waals surface area (Å²) in [7, 11) is 0. The smallest absolute Gasteiger partial charge is 0.326 e. The summed E-state index contributed by atoms with van der Waals surface area (Å²) < 4.78 is 0. The second kappa shape index (κ2) is 14.4. The first-order valence-electron chi connectivity index (χ1n) is 11.3. The van der Waals surface area contributed by atoms with E-state index in [1.165, 1.54) is 0 Å². The lowest BCUT2D eigenvalue weighted by atomic mass is 10.00.